The summed E-state index contributed by atoms with van der Waals surface area (Å²) in [5, 5.41) is 3.51. The first-order valence-corrected chi connectivity index (χ1v) is 12.3. The van der Waals surface area contributed by atoms with Crippen LogP contribution in [0, 0.1) is 0 Å². The topological polar surface area (TPSA) is 76.5 Å². The minimum atomic E-state index is -0.452. The van der Waals surface area contributed by atoms with Crippen molar-refractivity contribution < 1.29 is 9.53 Å². The number of para-hydroxylation sites is 3. The van der Waals surface area contributed by atoms with Crippen LogP contribution in [0.3, 0.4) is 0 Å². The summed E-state index contributed by atoms with van der Waals surface area (Å²) in [6.45, 7) is 6.45. The number of aromatic nitrogens is 2. The Bertz CT molecular complexity index is 1410. The summed E-state index contributed by atoms with van der Waals surface area (Å²) in [7, 11) is 1.57. The fraction of sp³-hybridized carbons (Fsp3) is 0.276. The molecule has 1 unspecified atom stereocenters. The lowest BCUT2D eigenvalue weighted by Crippen LogP contribution is -2.40. The minimum absolute atomic E-state index is 0.204. The van der Waals surface area contributed by atoms with Crippen LogP contribution in [0.4, 0.5) is 10.5 Å². The number of hydrogen-bond acceptors (Lipinski definition) is 4. The maximum atomic E-state index is 13.8. The molecule has 7 nitrogen and oxygen atoms in total. The van der Waals surface area contributed by atoms with Crippen molar-refractivity contribution in [1.29, 1.82) is 0 Å². The van der Waals surface area contributed by atoms with Gasteiger partial charge in [-0.15, -0.1) is 0 Å². The van der Waals surface area contributed by atoms with E-state index >= 15 is 0 Å². The van der Waals surface area contributed by atoms with Gasteiger partial charge in [0.15, 0.2) is 0 Å². The van der Waals surface area contributed by atoms with Crippen LogP contribution >= 0.6 is 0 Å². The molecule has 0 aliphatic carbocycles. The van der Waals surface area contributed by atoms with Crippen LogP contribution in [-0.2, 0) is 6.42 Å². The number of hydrogen-bond donors (Lipinski definition) is 1. The molecule has 1 atom stereocenters. The number of fused-ring (bicyclic) bond motifs is 1. The number of aryl methyl sites for hydroxylation is 1. The molecule has 7 heteroatoms. The lowest BCUT2D eigenvalue weighted by atomic mass is 10.1. The number of nitrogens with one attached hydrogen (secondary N) is 1. The van der Waals surface area contributed by atoms with Crippen LogP contribution in [0.5, 0.6) is 5.75 Å². The summed E-state index contributed by atoms with van der Waals surface area (Å²) in [4.78, 5) is 33.9. The Balaban J connectivity index is 1.84. The lowest BCUT2D eigenvalue weighted by molar-refractivity contribution is 0.185. The number of rotatable bonds is 8. The van der Waals surface area contributed by atoms with Crippen LogP contribution in [0.25, 0.3) is 16.6 Å². The Kier molecular flexibility index (Phi) is 7.68. The highest BCUT2D eigenvalue weighted by Crippen LogP contribution is 2.29. The summed E-state index contributed by atoms with van der Waals surface area (Å²) < 4.78 is 7.17. The maximum Gasteiger partial charge on any atom is 0.322 e. The summed E-state index contributed by atoms with van der Waals surface area (Å²) in [5.74, 6) is 1.04. The molecule has 0 saturated carbocycles. The van der Waals surface area contributed by atoms with Gasteiger partial charge in [-0.3, -0.25) is 9.36 Å². The van der Waals surface area contributed by atoms with Crippen LogP contribution in [0.15, 0.2) is 77.6 Å². The second-order valence-electron chi connectivity index (χ2n) is 8.49. The van der Waals surface area contributed by atoms with Gasteiger partial charge in [0.2, 0.25) is 0 Å². The Morgan fingerprint density at radius 2 is 1.69 bits per heavy atom. The molecule has 4 aromatic rings. The third-order valence-electron chi connectivity index (χ3n) is 6.40. The van der Waals surface area contributed by atoms with E-state index < -0.39 is 6.04 Å². The highest BCUT2D eigenvalue weighted by molar-refractivity contribution is 5.89. The minimum Gasteiger partial charge on any atom is -0.495 e. The fourth-order valence-corrected chi connectivity index (χ4v) is 4.49. The maximum absolute atomic E-state index is 13.8. The molecule has 0 aliphatic heterocycles. The van der Waals surface area contributed by atoms with E-state index in [2.05, 4.69) is 12.2 Å². The molecule has 0 radical (unpaired) electrons. The molecule has 1 aromatic heterocycles. The molecule has 2 amide bonds. The molecule has 0 spiro atoms. The van der Waals surface area contributed by atoms with E-state index in [1.807, 2.05) is 80.6 Å². The zero-order valence-electron chi connectivity index (χ0n) is 21.2. The second kappa shape index (κ2) is 11.1. The molecule has 0 fully saturated rings. The van der Waals surface area contributed by atoms with Gasteiger partial charge >= 0.3 is 6.03 Å². The SMILES string of the molecule is CCc1ccc(NC(=O)N(CC)C(CC)c2nc3ccccc3c(=O)n2-c2ccccc2OC)cc1. The summed E-state index contributed by atoms with van der Waals surface area (Å²) in [6.07, 6.45) is 1.50. The van der Waals surface area contributed by atoms with Gasteiger partial charge in [-0.05, 0) is 61.7 Å². The predicted octanol–water partition coefficient (Wildman–Crippen LogP) is 5.96. The summed E-state index contributed by atoms with van der Waals surface area (Å²) in [6, 6.07) is 21.8. The van der Waals surface area contributed by atoms with E-state index in [1.165, 1.54) is 5.56 Å². The van der Waals surface area contributed by atoms with Crippen molar-refractivity contribution in [2.45, 2.75) is 39.7 Å². The number of nitrogens with zero attached hydrogens (tertiary/aromatic N) is 3. The van der Waals surface area contributed by atoms with E-state index in [-0.39, 0.29) is 11.6 Å². The molecule has 3 aromatic carbocycles. The number of anilines is 1. The molecule has 186 valence electrons. The fourth-order valence-electron chi connectivity index (χ4n) is 4.49. The van der Waals surface area contributed by atoms with E-state index in [1.54, 1.807) is 22.6 Å². The average molecular weight is 485 g/mol. The molecule has 4 rings (SSSR count). The zero-order chi connectivity index (χ0) is 25.7. The van der Waals surface area contributed by atoms with Gasteiger partial charge in [0.25, 0.3) is 5.56 Å². The first-order chi connectivity index (χ1) is 17.5. The number of urea groups is 1. The smallest absolute Gasteiger partial charge is 0.322 e. The van der Waals surface area contributed by atoms with Crippen molar-refractivity contribution in [3.8, 4) is 11.4 Å². The van der Waals surface area contributed by atoms with Crippen molar-refractivity contribution in [1.82, 2.24) is 14.5 Å². The van der Waals surface area contributed by atoms with Crippen LogP contribution < -0.4 is 15.6 Å². The molecule has 0 bridgehead atoms. The number of amides is 2. The number of carbonyl (C=O) groups excluding carboxylic acids is 1. The van der Waals surface area contributed by atoms with Crippen molar-refractivity contribution in [3.05, 3.63) is 94.5 Å². The molecule has 0 aliphatic rings. The Labute approximate surface area is 211 Å². The van der Waals surface area contributed by atoms with Gasteiger partial charge in [0.05, 0.1) is 29.7 Å². The lowest BCUT2D eigenvalue weighted by Gasteiger charge is -2.31. The highest BCUT2D eigenvalue weighted by Gasteiger charge is 2.29. The van der Waals surface area contributed by atoms with Gasteiger partial charge < -0.3 is 15.0 Å². The number of carbonyl (C=O) groups is 1. The Morgan fingerprint density at radius 1 is 1.00 bits per heavy atom. The first-order valence-electron chi connectivity index (χ1n) is 12.3. The van der Waals surface area contributed by atoms with E-state index in [9.17, 15) is 9.59 Å². The van der Waals surface area contributed by atoms with E-state index in [0.717, 1.165) is 12.1 Å². The third kappa shape index (κ3) is 4.82. The van der Waals surface area contributed by atoms with Crippen molar-refractivity contribution in [3.63, 3.8) is 0 Å². The Morgan fingerprint density at radius 3 is 2.36 bits per heavy atom. The van der Waals surface area contributed by atoms with Crippen molar-refractivity contribution in [2.24, 2.45) is 0 Å². The van der Waals surface area contributed by atoms with Gasteiger partial charge in [-0.25, -0.2) is 9.78 Å². The monoisotopic (exact) mass is 484 g/mol. The number of ether oxygens (including phenoxy) is 1. The third-order valence-corrected chi connectivity index (χ3v) is 6.40. The van der Waals surface area contributed by atoms with Crippen molar-refractivity contribution in [2.75, 3.05) is 19.0 Å². The van der Waals surface area contributed by atoms with Gasteiger partial charge in [-0.2, -0.15) is 0 Å². The summed E-state index contributed by atoms with van der Waals surface area (Å²) >= 11 is 0. The van der Waals surface area contributed by atoms with Crippen LogP contribution in [0.1, 0.15) is 44.6 Å². The molecule has 1 N–H and O–H groups in total. The highest BCUT2D eigenvalue weighted by atomic mass is 16.5. The predicted molar refractivity (Wildman–Crippen MR) is 144 cm³/mol. The van der Waals surface area contributed by atoms with Crippen molar-refractivity contribution >= 4 is 22.6 Å². The van der Waals surface area contributed by atoms with Crippen LogP contribution in [-0.4, -0.2) is 34.1 Å². The standard InChI is InChI=1S/C29H32N4O3/c1-5-20-16-18-21(19-17-20)30-29(35)32(7-3)24(6-2)27-31-23-13-9-8-12-22(23)28(34)33(27)25-14-10-11-15-26(25)36-4/h8-19,24H,5-7H2,1-4H3,(H,30,35). The van der Waals surface area contributed by atoms with Gasteiger partial charge in [0.1, 0.15) is 11.6 Å². The van der Waals surface area contributed by atoms with E-state index in [0.29, 0.717) is 41.1 Å². The number of benzene rings is 3. The zero-order valence-corrected chi connectivity index (χ0v) is 21.2. The number of methoxy groups -OCH3 is 1. The molecular formula is C29H32N4O3. The second-order valence-corrected chi connectivity index (χ2v) is 8.49. The normalized spacial score (nSPS) is 11.8. The largest absolute Gasteiger partial charge is 0.495 e. The van der Waals surface area contributed by atoms with Gasteiger partial charge in [0, 0.05) is 12.2 Å². The summed E-state index contributed by atoms with van der Waals surface area (Å²) in [5.41, 5.74) is 2.90. The molecule has 36 heavy (non-hydrogen) atoms. The van der Waals surface area contributed by atoms with E-state index in [4.69, 9.17) is 9.72 Å². The van der Waals surface area contributed by atoms with Gasteiger partial charge in [-0.1, -0.05) is 50.2 Å². The molecule has 0 saturated heterocycles. The molecular weight excluding hydrogens is 452 g/mol. The average Bonchev–Trinajstić information content (AvgIpc) is 2.92. The molecule has 1 heterocycles. The quantitative estimate of drug-likeness (QED) is 0.335. The van der Waals surface area contributed by atoms with Crippen LogP contribution in [0.2, 0.25) is 0 Å². The first kappa shape index (κ1) is 25.0. The Hall–Kier alpha value is -4.13.